The summed E-state index contributed by atoms with van der Waals surface area (Å²) in [6.07, 6.45) is 4.58. The van der Waals surface area contributed by atoms with Gasteiger partial charge in [-0.25, -0.2) is 4.98 Å². The lowest BCUT2D eigenvalue weighted by molar-refractivity contribution is -0.145. The van der Waals surface area contributed by atoms with Crippen LogP contribution >= 0.6 is 11.6 Å². The summed E-state index contributed by atoms with van der Waals surface area (Å²) in [5.41, 5.74) is 2.56. The fourth-order valence-electron chi connectivity index (χ4n) is 5.61. The van der Waals surface area contributed by atoms with Gasteiger partial charge in [0.05, 0.1) is 30.6 Å². The van der Waals surface area contributed by atoms with Gasteiger partial charge in [0, 0.05) is 43.7 Å². The minimum Gasteiger partial charge on any atom is -0.508 e. The second-order valence-corrected chi connectivity index (χ2v) is 11.9. The standard InChI is InChI=1S/C33H37ClN6O5/c1-21(2)26-16-27(29(43)17-28(26)42)33-37-36-31(20-41)40(33)25-7-8-30(35-18-25)38(3)24-9-12-39(13-10-24)19-32(44)45-14-11-22-5-4-6-23(34)15-22/h4-8,15-18,20-21,24,42-43H,9-14,19H2,1-3H3. The smallest absolute Gasteiger partial charge is 0.320 e. The van der Waals surface area contributed by atoms with Gasteiger partial charge < -0.3 is 19.8 Å². The largest absolute Gasteiger partial charge is 0.508 e. The van der Waals surface area contributed by atoms with E-state index in [-0.39, 0.29) is 47.6 Å². The summed E-state index contributed by atoms with van der Waals surface area (Å²) >= 11 is 6.02. The lowest BCUT2D eigenvalue weighted by Crippen LogP contribution is -2.45. The van der Waals surface area contributed by atoms with Crippen LogP contribution in [0.2, 0.25) is 5.02 Å². The van der Waals surface area contributed by atoms with E-state index in [4.69, 9.17) is 16.3 Å². The maximum Gasteiger partial charge on any atom is 0.320 e. The molecule has 11 nitrogen and oxygen atoms in total. The monoisotopic (exact) mass is 632 g/mol. The van der Waals surface area contributed by atoms with Crippen molar-refractivity contribution in [1.82, 2.24) is 24.6 Å². The average molecular weight is 633 g/mol. The Morgan fingerprint density at radius 3 is 2.56 bits per heavy atom. The molecule has 1 aliphatic heterocycles. The highest BCUT2D eigenvalue weighted by molar-refractivity contribution is 6.30. The molecule has 1 fully saturated rings. The van der Waals surface area contributed by atoms with Crippen LogP contribution in [0.4, 0.5) is 5.82 Å². The lowest BCUT2D eigenvalue weighted by atomic mass is 9.98. The minimum absolute atomic E-state index is 0.00571. The topological polar surface area (TPSA) is 134 Å². The van der Waals surface area contributed by atoms with Gasteiger partial charge in [0.25, 0.3) is 0 Å². The number of aromatic hydroxyl groups is 2. The summed E-state index contributed by atoms with van der Waals surface area (Å²) in [4.78, 5) is 33.2. The third kappa shape index (κ3) is 7.43. The Labute approximate surface area is 267 Å². The molecule has 0 radical (unpaired) electrons. The number of phenols is 2. The first-order chi connectivity index (χ1) is 21.6. The molecule has 2 aromatic carbocycles. The molecule has 0 unspecified atom stereocenters. The first-order valence-electron chi connectivity index (χ1n) is 14.9. The van der Waals surface area contributed by atoms with E-state index in [2.05, 4.69) is 25.0 Å². The van der Waals surface area contributed by atoms with Crippen molar-refractivity contribution in [2.75, 3.05) is 38.2 Å². The molecule has 2 aromatic heterocycles. The summed E-state index contributed by atoms with van der Waals surface area (Å²) in [7, 11) is 2.00. The van der Waals surface area contributed by atoms with Gasteiger partial charge in [-0.2, -0.15) is 0 Å². The molecule has 5 rings (SSSR count). The molecule has 0 spiro atoms. The number of hydrogen-bond acceptors (Lipinski definition) is 10. The summed E-state index contributed by atoms with van der Waals surface area (Å²) in [6.45, 7) is 5.96. The third-order valence-corrected chi connectivity index (χ3v) is 8.39. The molecule has 2 N–H and O–H groups in total. The normalized spacial score (nSPS) is 14.1. The van der Waals surface area contributed by atoms with Crippen molar-refractivity contribution in [2.24, 2.45) is 0 Å². The van der Waals surface area contributed by atoms with Crippen LogP contribution in [0, 0.1) is 0 Å². The molecular formula is C33H37ClN6O5. The zero-order valence-corrected chi connectivity index (χ0v) is 26.3. The van der Waals surface area contributed by atoms with E-state index in [1.165, 1.54) is 10.6 Å². The number of likely N-dealkylation sites (tertiary alicyclic amines) is 1. The maximum absolute atomic E-state index is 12.4. The number of carbonyl (C=O) groups excluding carboxylic acids is 2. The second kappa shape index (κ2) is 14.1. The van der Waals surface area contributed by atoms with Crippen LogP contribution in [0.25, 0.3) is 17.1 Å². The number of ether oxygens (including phenoxy) is 1. The minimum atomic E-state index is -0.231. The van der Waals surface area contributed by atoms with E-state index in [0.29, 0.717) is 41.2 Å². The molecule has 0 saturated carbocycles. The fourth-order valence-corrected chi connectivity index (χ4v) is 5.82. The number of rotatable bonds is 11. The van der Waals surface area contributed by atoms with Gasteiger partial charge in [-0.15, -0.1) is 10.2 Å². The average Bonchev–Trinajstić information content (AvgIpc) is 3.45. The Balaban J connectivity index is 1.20. The van der Waals surface area contributed by atoms with Crippen LogP contribution in [0.5, 0.6) is 11.5 Å². The van der Waals surface area contributed by atoms with Crippen LogP contribution in [-0.2, 0) is 16.0 Å². The summed E-state index contributed by atoms with van der Waals surface area (Å²) < 4.78 is 6.99. The molecule has 3 heterocycles. The number of anilines is 1. The molecule has 45 heavy (non-hydrogen) atoms. The van der Waals surface area contributed by atoms with Gasteiger partial charge in [-0.1, -0.05) is 37.6 Å². The van der Waals surface area contributed by atoms with Crippen molar-refractivity contribution in [1.29, 1.82) is 0 Å². The van der Waals surface area contributed by atoms with Crippen molar-refractivity contribution in [3.63, 3.8) is 0 Å². The van der Waals surface area contributed by atoms with E-state index in [9.17, 15) is 19.8 Å². The van der Waals surface area contributed by atoms with Gasteiger partial charge in [-0.3, -0.25) is 19.1 Å². The van der Waals surface area contributed by atoms with Crippen LogP contribution in [0.3, 0.4) is 0 Å². The van der Waals surface area contributed by atoms with Crippen molar-refractivity contribution in [3.8, 4) is 28.6 Å². The molecule has 1 saturated heterocycles. The SMILES string of the molecule is CC(C)c1cc(-c2nnc(C=O)n2-c2ccc(N(C)C3CCN(CC(=O)OCCc4cccc(Cl)c4)CC3)nc2)c(O)cc1O. The Bertz CT molecular complexity index is 1650. The number of phenolic OH excluding ortho intramolecular Hbond substituents is 2. The van der Waals surface area contributed by atoms with E-state index in [1.807, 2.05) is 57.3 Å². The van der Waals surface area contributed by atoms with E-state index < -0.39 is 0 Å². The van der Waals surface area contributed by atoms with E-state index in [0.717, 1.165) is 37.3 Å². The number of piperidine rings is 1. The van der Waals surface area contributed by atoms with Gasteiger partial charge in [0.15, 0.2) is 12.1 Å². The number of benzene rings is 2. The predicted octanol–water partition coefficient (Wildman–Crippen LogP) is 5.02. The zero-order valence-electron chi connectivity index (χ0n) is 25.6. The number of esters is 1. The number of hydrogen-bond donors (Lipinski definition) is 2. The molecular weight excluding hydrogens is 596 g/mol. The molecule has 1 aliphatic rings. The fraction of sp³-hybridized carbons (Fsp3) is 0.364. The van der Waals surface area contributed by atoms with Crippen LogP contribution in [-0.4, -0.2) is 86.4 Å². The Kier molecular flexibility index (Phi) is 9.99. The van der Waals surface area contributed by atoms with Crippen molar-refractivity contribution < 1.29 is 24.5 Å². The molecule has 12 heteroatoms. The van der Waals surface area contributed by atoms with Gasteiger partial charge in [-0.05, 0) is 60.2 Å². The highest BCUT2D eigenvalue weighted by atomic mass is 35.5. The van der Waals surface area contributed by atoms with Gasteiger partial charge in [0.1, 0.15) is 17.3 Å². The summed E-state index contributed by atoms with van der Waals surface area (Å²) in [6, 6.07) is 14.4. The third-order valence-electron chi connectivity index (χ3n) is 8.15. The molecule has 0 atom stereocenters. The number of aromatic nitrogens is 4. The number of pyridine rings is 1. The van der Waals surface area contributed by atoms with Gasteiger partial charge >= 0.3 is 5.97 Å². The molecule has 0 aliphatic carbocycles. The quantitative estimate of drug-likeness (QED) is 0.172. The summed E-state index contributed by atoms with van der Waals surface area (Å²) in [5, 5.41) is 29.8. The number of nitrogens with zero attached hydrogens (tertiary/aromatic N) is 6. The number of aldehydes is 1. The van der Waals surface area contributed by atoms with E-state index >= 15 is 0 Å². The first kappa shape index (κ1) is 31.9. The molecule has 4 aromatic rings. The highest BCUT2D eigenvalue weighted by Gasteiger charge is 2.26. The van der Waals surface area contributed by atoms with Crippen molar-refractivity contribution in [2.45, 2.75) is 45.1 Å². The van der Waals surface area contributed by atoms with Crippen molar-refractivity contribution >= 4 is 29.7 Å². The van der Waals surface area contributed by atoms with E-state index in [1.54, 1.807) is 12.3 Å². The Morgan fingerprint density at radius 2 is 1.89 bits per heavy atom. The zero-order chi connectivity index (χ0) is 32.1. The highest BCUT2D eigenvalue weighted by Crippen LogP contribution is 2.38. The molecule has 0 amide bonds. The Hall–Kier alpha value is -4.48. The molecule has 0 bridgehead atoms. The Morgan fingerprint density at radius 1 is 1.11 bits per heavy atom. The first-order valence-corrected chi connectivity index (χ1v) is 15.3. The van der Waals surface area contributed by atoms with Crippen molar-refractivity contribution in [3.05, 3.63) is 76.7 Å². The summed E-state index contributed by atoms with van der Waals surface area (Å²) in [5.74, 6) is 0.646. The lowest BCUT2D eigenvalue weighted by Gasteiger charge is -2.36. The number of halogens is 1. The van der Waals surface area contributed by atoms with Crippen LogP contribution < -0.4 is 4.90 Å². The second-order valence-electron chi connectivity index (χ2n) is 11.5. The van der Waals surface area contributed by atoms with Crippen LogP contribution in [0.15, 0.2) is 54.7 Å². The van der Waals surface area contributed by atoms with Crippen LogP contribution in [0.1, 0.15) is 54.4 Å². The maximum atomic E-state index is 12.4. The predicted molar refractivity (Wildman–Crippen MR) is 171 cm³/mol. The molecule has 236 valence electrons. The van der Waals surface area contributed by atoms with Gasteiger partial charge in [0.2, 0.25) is 5.82 Å². The number of carbonyl (C=O) groups is 2.